The lowest BCUT2D eigenvalue weighted by atomic mass is 10.1. The van der Waals surface area contributed by atoms with E-state index >= 15 is 0 Å². The lowest BCUT2D eigenvalue weighted by molar-refractivity contribution is -0.870. The van der Waals surface area contributed by atoms with Gasteiger partial charge in [-0.25, -0.2) is 0 Å². The van der Waals surface area contributed by atoms with E-state index in [-0.39, 0.29) is 5.97 Å². The summed E-state index contributed by atoms with van der Waals surface area (Å²) in [5.41, 5.74) is 1.89. The van der Waals surface area contributed by atoms with Crippen molar-refractivity contribution in [3.63, 3.8) is 0 Å². The van der Waals surface area contributed by atoms with Gasteiger partial charge in [-0.1, -0.05) is 12.1 Å². The Morgan fingerprint density at radius 1 is 1.29 bits per heavy atom. The molecule has 0 aliphatic rings. The maximum absolute atomic E-state index is 11.6. The Bertz CT molecular complexity index is 500. The molecule has 21 heavy (non-hydrogen) atoms. The number of benzene rings is 1. The van der Waals surface area contributed by atoms with Crippen molar-refractivity contribution >= 4 is 29.0 Å². The van der Waals surface area contributed by atoms with Crippen LogP contribution in [0.15, 0.2) is 29.3 Å². The summed E-state index contributed by atoms with van der Waals surface area (Å²) in [5.74, 6) is -0.120. The van der Waals surface area contributed by atoms with Crippen LogP contribution in [0.2, 0.25) is 0 Å². The molecule has 0 aliphatic carbocycles. The maximum Gasteiger partial charge on any atom is 0.306 e. The van der Waals surface area contributed by atoms with E-state index in [1.54, 1.807) is 0 Å². The van der Waals surface area contributed by atoms with Crippen molar-refractivity contribution in [1.29, 1.82) is 0 Å². The van der Waals surface area contributed by atoms with E-state index in [0.29, 0.717) is 19.4 Å². The first-order valence-electron chi connectivity index (χ1n) is 7.03. The van der Waals surface area contributed by atoms with E-state index in [4.69, 9.17) is 4.74 Å². The van der Waals surface area contributed by atoms with Crippen molar-refractivity contribution in [3.05, 3.63) is 29.8 Å². The van der Waals surface area contributed by atoms with E-state index in [1.165, 1.54) is 0 Å². The summed E-state index contributed by atoms with van der Waals surface area (Å²) in [5, 5.41) is 2.33. The summed E-state index contributed by atoms with van der Waals surface area (Å²) in [6.07, 6.45) is 2.05. The SMILES string of the molecule is C[N+](C)(C)CCCC(=O)OCCc1ccc(N=C=S)cc1. The number of hydrogen-bond acceptors (Lipinski definition) is 4. The van der Waals surface area contributed by atoms with Gasteiger partial charge in [0.05, 0.1) is 51.6 Å². The Morgan fingerprint density at radius 3 is 2.52 bits per heavy atom. The van der Waals surface area contributed by atoms with Crippen LogP contribution in [-0.4, -0.2) is 49.9 Å². The van der Waals surface area contributed by atoms with Crippen molar-refractivity contribution < 1.29 is 14.0 Å². The number of thiocarbonyl (C=S) groups is 1. The highest BCUT2D eigenvalue weighted by Crippen LogP contribution is 2.12. The molecule has 114 valence electrons. The zero-order valence-corrected chi connectivity index (χ0v) is 13.8. The minimum Gasteiger partial charge on any atom is -0.465 e. The van der Waals surface area contributed by atoms with Gasteiger partial charge >= 0.3 is 5.97 Å². The Hall–Kier alpha value is -1.55. The van der Waals surface area contributed by atoms with Crippen LogP contribution in [0.1, 0.15) is 18.4 Å². The molecular formula is C16H23N2O2S+. The second-order valence-electron chi connectivity index (χ2n) is 5.96. The topological polar surface area (TPSA) is 38.7 Å². The van der Waals surface area contributed by atoms with Gasteiger partial charge in [-0.05, 0) is 29.9 Å². The predicted molar refractivity (Wildman–Crippen MR) is 87.9 cm³/mol. The zero-order chi connectivity index (χ0) is 15.7. The van der Waals surface area contributed by atoms with Crippen molar-refractivity contribution in [2.75, 3.05) is 34.3 Å². The minimum atomic E-state index is -0.120. The number of carbonyl (C=O) groups excluding carboxylic acids is 1. The summed E-state index contributed by atoms with van der Waals surface area (Å²) in [4.78, 5) is 15.5. The second-order valence-corrected chi connectivity index (χ2v) is 6.14. The Balaban J connectivity index is 2.23. The molecule has 1 aromatic rings. The molecule has 0 N–H and O–H groups in total. The molecule has 0 aliphatic heterocycles. The van der Waals surface area contributed by atoms with Crippen LogP contribution in [0.3, 0.4) is 0 Å². The molecule has 0 bridgehead atoms. The first-order chi connectivity index (χ1) is 9.90. The Labute approximate surface area is 132 Å². The highest BCUT2D eigenvalue weighted by Gasteiger charge is 2.09. The van der Waals surface area contributed by atoms with E-state index in [9.17, 15) is 4.79 Å². The van der Waals surface area contributed by atoms with Crippen LogP contribution in [0.4, 0.5) is 5.69 Å². The number of hydrogen-bond donors (Lipinski definition) is 0. The number of ether oxygens (including phenoxy) is 1. The van der Waals surface area contributed by atoms with E-state index in [0.717, 1.165) is 28.7 Å². The molecule has 0 saturated heterocycles. The normalized spacial score (nSPS) is 10.8. The standard InChI is InChI=1S/C16H23N2O2S/c1-18(2,3)11-4-5-16(19)20-12-10-14-6-8-15(9-7-14)17-13-21/h6-9H,4-5,10-12H2,1-3H3/q+1. The molecule has 0 amide bonds. The number of nitrogens with zero attached hydrogens (tertiary/aromatic N) is 2. The van der Waals surface area contributed by atoms with Crippen LogP contribution in [0.25, 0.3) is 0 Å². The van der Waals surface area contributed by atoms with Gasteiger partial charge in [-0.3, -0.25) is 4.79 Å². The third-order valence-electron chi connectivity index (χ3n) is 2.97. The molecule has 0 unspecified atom stereocenters. The number of rotatable bonds is 8. The first-order valence-corrected chi connectivity index (χ1v) is 7.44. The van der Waals surface area contributed by atoms with E-state index in [1.807, 2.05) is 24.3 Å². The molecule has 0 fully saturated rings. The summed E-state index contributed by atoms with van der Waals surface area (Å²) in [6, 6.07) is 7.66. The average Bonchev–Trinajstić information content (AvgIpc) is 2.39. The number of esters is 1. The van der Waals surface area contributed by atoms with Crippen molar-refractivity contribution in [3.8, 4) is 0 Å². The summed E-state index contributed by atoms with van der Waals surface area (Å²) in [7, 11) is 6.34. The number of aliphatic imine (C=N–C) groups is 1. The van der Waals surface area contributed by atoms with Crippen molar-refractivity contribution in [1.82, 2.24) is 0 Å². The molecule has 0 radical (unpaired) electrons. The predicted octanol–water partition coefficient (Wildman–Crippen LogP) is 2.99. The molecule has 1 rings (SSSR count). The molecule has 0 heterocycles. The fourth-order valence-corrected chi connectivity index (χ4v) is 1.95. The first kappa shape index (κ1) is 17.5. The lowest BCUT2D eigenvalue weighted by Gasteiger charge is -2.23. The van der Waals surface area contributed by atoms with Gasteiger partial charge in [-0.2, -0.15) is 4.99 Å². The van der Waals surface area contributed by atoms with Crippen LogP contribution < -0.4 is 0 Å². The molecule has 0 spiro atoms. The molecule has 0 aromatic heterocycles. The largest absolute Gasteiger partial charge is 0.465 e. The third-order valence-corrected chi connectivity index (χ3v) is 3.07. The fourth-order valence-electron chi connectivity index (χ4n) is 1.84. The number of carbonyl (C=O) groups is 1. The number of isothiocyanates is 1. The van der Waals surface area contributed by atoms with Crippen LogP contribution in [-0.2, 0) is 16.0 Å². The molecular weight excluding hydrogens is 284 g/mol. The summed E-state index contributed by atoms with van der Waals surface area (Å²) < 4.78 is 6.11. The quantitative estimate of drug-likeness (QED) is 0.321. The fraction of sp³-hybridized carbons (Fsp3) is 0.500. The lowest BCUT2D eigenvalue weighted by Crippen LogP contribution is -2.35. The van der Waals surface area contributed by atoms with Gasteiger partial charge in [0.2, 0.25) is 0 Å². The van der Waals surface area contributed by atoms with Crippen molar-refractivity contribution in [2.45, 2.75) is 19.3 Å². The van der Waals surface area contributed by atoms with E-state index < -0.39 is 0 Å². The Kier molecular flexibility index (Phi) is 7.23. The third kappa shape index (κ3) is 8.35. The summed E-state index contributed by atoms with van der Waals surface area (Å²) >= 11 is 4.55. The highest BCUT2D eigenvalue weighted by atomic mass is 32.1. The van der Waals surface area contributed by atoms with E-state index in [2.05, 4.69) is 43.5 Å². The van der Waals surface area contributed by atoms with Gasteiger partial charge < -0.3 is 9.22 Å². The smallest absolute Gasteiger partial charge is 0.306 e. The molecule has 4 nitrogen and oxygen atoms in total. The van der Waals surface area contributed by atoms with Crippen LogP contribution >= 0.6 is 12.2 Å². The number of quaternary nitrogens is 1. The van der Waals surface area contributed by atoms with Crippen LogP contribution in [0, 0.1) is 0 Å². The van der Waals surface area contributed by atoms with Crippen molar-refractivity contribution in [2.24, 2.45) is 4.99 Å². The van der Waals surface area contributed by atoms with Gasteiger partial charge in [-0.15, -0.1) is 0 Å². The van der Waals surface area contributed by atoms with Crippen LogP contribution in [0.5, 0.6) is 0 Å². The summed E-state index contributed by atoms with van der Waals surface area (Å²) in [6.45, 7) is 1.38. The van der Waals surface area contributed by atoms with Gasteiger partial charge in [0.25, 0.3) is 0 Å². The highest BCUT2D eigenvalue weighted by molar-refractivity contribution is 7.78. The minimum absolute atomic E-state index is 0.120. The second kappa shape index (κ2) is 8.67. The average molecular weight is 307 g/mol. The van der Waals surface area contributed by atoms with Gasteiger partial charge in [0.15, 0.2) is 0 Å². The zero-order valence-electron chi connectivity index (χ0n) is 13.0. The monoisotopic (exact) mass is 307 g/mol. The Morgan fingerprint density at radius 2 is 1.95 bits per heavy atom. The van der Waals surface area contributed by atoms with Gasteiger partial charge in [0, 0.05) is 12.8 Å². The molecule has 0 atom stereocenters. The molecule has 1 aromatic carbocycles. The molecule has 0 saturated carbocycles. The van der Waals surface area contributed by atoms with Gasteiger partial charge in [0.1, 0.15) is 0 Å². The maximum atomic E-state index is 11.6. The molecule has 5 heteroatoms.